The van der Waals surface area contributed by atoms with Gasteiger partial charge in [0, 0.05) is 30.2 Å². The highest BCUT2D eigenvalue weighted by molar-refractivity contribution is 5.93. The first-order valence-electron chi connectivity index (χ1n) is 10.1. The number of hydrogen-bond acceptors (Lipinski definition) is 6. The van der Waals surface area contributed by atoms with Crippen molar-refractivity contribution in [1.82, 2.24) is 14.9 Å². The normalized spacial score (nSPS) is 14.0. The number of aromatic nitrogens is 2. The second kappa shape index (κ2) is 8.92. The maximum atomic E-state index is 12.6. The predicted molar refractivity (Wildman–Crippen MR) is 120 cm³/mol. The molecule has 1 amide bonds. The first-order valence-corrected chi connectivity index (χ1v) is 10.1. The molecule has 5 N–H and O–H groups in total. The van der Waals surface area contributed by atoms with Crippen LogP contribution >= 0.6 is 0 Å². The molecule has 0 atom stereocenters. The minimum Gasteiger partial charge on any atom is -0.398 e. The van der Waals surface area contributed by atoms with Crippen molar-refractivity contribution >= 4 is 23.0 Å². The highest BCUT2D eigenvalue weighted by atomic mass is 16.1. The molecule has 154 valence electrons. The van der Waals surface area contributed by atoms with Crippen LogP contribution in [-0.4, -0.2) is 33.9 Å². The zero-order chi connectivity index (χ0) is 20.9. The number of nitrogens with zero attached hydrogens (tertiary/aromatic N) is 3. The van der Waals surface area contributed by atoms with Gasteiger partial charge < -0.3 is 16.8 Å². The number of nitrogens with one attached hydrogen (secondary N) is 1. The molecule has 0 saturated carbocycles. The van der Waals surface area contributed by atoms with E-state index in [0.717, 1.165) is 42.0 Å². The maximum absolute atomic E-state index is 12.6. The zero-order valence-corrected chi connectivity index (χ0v) is 16.8. The average molecular weight is 403 g/mol. The third-order valence-corrected chi connectivity index (χ3v) is 5.28. The number of carbonyl (C=O) groups is 1. The molecule has 1 saturated heterocycles. The number of hydrogen-bond donors (Lipinski definition) is 3. The lowest BCUT2D eigenvalue weighted by atomic mass is 10.0. The number of anilines is 3. The molecule has 0 aliphatic carbocycles. The number of pyridine rings is 2. The van der Waals surface area contributed by atoms with Crippen LogP contribution in [-0.2, 0) is 17.8 Å². The van der Waals surface area contributed by atoms with E-state index < -0.39 is 0 Å². The lowest BCUT2D eigenvalue weighted by Crippen LogP contribution is -2.19. The zero-order valence-electron chi connectivity index (χ0n) is 16.8. The molecule has 1 aliphatic rings. The molecule has 7 nitrogen and oxygen atoms in total. The van der Waals surface area contributed by atoms with Crippen LogP contribution in [0.2, 0.25) is 0 Å². The molecule has 0 spiro atoms. The predicted octanol–water partition coefficient (Wildman–Crippen LogP) is 3.09. The van der Waals surface area contributed by atoms with Crippen molar-refractivity contribution in [3.63, 3.8) is 0 Å². The van der Waals surface area contributed by atoms with Crippen LogP contribution in [0.3, 0.4) is 0 Å². The van der Waals surface area contributed by atoms with Gasteiger partial charge in [-0.05, 0) is 67.4 Å². The summed E-state index contributed by atoms with van der Waals surface area (Å²) in [6.45, 7) is 3.12. The summed E-state index contributed by atoms with van der Waals surface area (Å²) in [5.41, 5.74) is 17.3. The summed E-state index contributed by atoms with van der Waals surface area (Å²) < 4.78 is 0. The van der Waals surface area contributed by atoms with Crippen molar-refractivity contribution in [2.24, 2.45) is 0 Å². The average Bonchev–Trinajstić information content (AvgIpc) is 3.24. The van der Waals surface area contributed by atoms with E-state index in [0.29, 0.717) is 17.1 Å². The molecule has 7 heteroatoms. The quantitative estimate of drug-likeness (QED) is 0.547. The van der Waals surface area contributed by atoms with E-state index >= 15 is 0 Å². The summed E-state index contributed by atoms with van der Waals surface area (Å²) in [5, 5.41) is 2.90. The molecule has 4 rings (SSSR count). The Kier molecular flexibility index (Phi) is 5.90. The summed E-state index contributed by atoms with van der Waals surface area (Å²) in [6, 6.07) is 11.3. The van der Waals surface area contributed by atoms with Gasteiger partial charge in [0.15, 0.2) is 0 Å². The van der Waals surface area contributed by atoms with Crippen molar-refractivity contribution in [1.29, 1.82) is 0 Å². The van der Waals surface area contributed by atoms with Crippen molar-refractivity contribution in [3.05, 3.63) is 66.2 Å². The Hall–Kier alpha value is -3.45. The van der Waals surface area contributed by atoms with Crippen LogP contribution in [0.1, 0.15) is 24.1 Å². The van der Waals surface area contributed by atoms with E-state index in [2.05, 4.69) is 20.2 Å². The fourth-order valence-electron chi connectivity index (χ4n) is 3.69. The highest BCUT2D eigenvalue weighted by Gasteiger charge is 2.13. The molecule has 1 fully saturated rings. The van der Waals surface area contributed by atoms with Crippen LogP contribution in [0.5, 0.6) is 0 Å². The van der Waals surface area contributed by atoms with Gasteiger partial charge >= 0.3 is 0 Å². The lowest BCUT2D eigenvalue weighted by Gasteiger charge is -2.14. The smallest absolute Gasteiger partial charge is 0.228 e. The summed E-state index contributed by atoms with van der Waals surface area (Å²) in [4.78, 5) is 23.6. The highest BCUT2D eigenvalue weighted by Crippen LogP contribution is 2.25. The Morgan fingerprint density at radius 3 is 2.57 bits per heavy atom. The topological polar surface area (TPSA) is 110 Å². The molecule has 0 unspecified atom stereocenters. The summed E-state index contributed by atoms with van der Waals surface area (Å²) in [5.74, 6) is -0.140. The largest absolute Gasteiger partial charge is 0.398 e. The summed E-state index contributed by atoms with van der Waals surface area (Å²) >= 11 is 0. The fraction of sp³-hybridized carbons (Fsp3) is 0.261. The third kappa shape index (κ3) is 4.93. The van der Waals surface area contributed by atoms with Crippen molar-refractivity contribution in [3.8, 4) is 11.1 Å². The summed E-state index contributed by atoms with van der Waals surface area (Å²) in [7, 11) is 0. The molecule has 1 aliphatic heterocycles. The standard InChI is InChI=1S/C23H26N6O/c24-19-10-18(12-26-13-19)16-3-6-22(25)17(9-16)11-23(30)28-20-4-5-21(27-14-20)15-29-7-1-2-8-29/h3-6,9-10,12-14H,1-2,7-8,11,15,24-25H2,(H,28,30). The van der Waals surface area contributed by atoms with Crippen molar-refractivity contribution in [2.45, 2.75) is 25.8 Å². The second-order valence-electron chi connectivity index (χ2n) is 7.67. The van der Waals surface area contributed by atoms with Gasteiger partial charge in [0.1, 0.15) is 0 Å². The van der Waals surface area contributed by atoms with Crippen molar-refractivity contribution < 1.29 is 4.79 Å². The van der Waals surface area contributed by atoms with Gasteiger partial charge in [-0.1, -0.05) is 6.07 Å². The molecular weight excluding hydrogens is 376 g/mol. The van der Waals surface area contributed by atoms with Gasteiger partial charge in [-0.2, -0.15) is 0 Å². The van der Waals surface area contributed by atoms with E-state index in [1.807, 2.05) is 30.3 Å². The second-order valence-corrected chi connectivity index (χ2v) is 7.67. The Balaban J connectivity index is 1.40. The molecular formula is C23H26N6O. The van der Waals surface area contributed by atoms with E-state index in [9.17, 15) is 4.79 Å². The Bertz CT molecular complexity index is 1030. The molecule has 3 heterocycles. The maximum Gasteiger partial charge on any atom is 0.228 e. The van der Waals surface area contributed by atoms with E-state index in [1.54, 1.807) is 24.7 Å². The van der Waals surface area contributed by atoms with Crippen LogP contribution < -0.4 is 16.8 Å². The Morgan fingerprint density at radius 2 is 1.83 bits per heavy atom. The number of carbonyl (C=O) groups excluding carboxylic acids is 1. The molecule has 2 aromatic heterocycles. The number of likely N-dealkylation sites (tertiary alicyclic amines) is 1. The van der Waals surface area contributed by atoms with E-state index in [-0.39, 0.29) is 12.3 Å². The number of benzene rings is 1. The van der Waals surface area contributed by atoms with Crippen LogP contribution in [0, 0.1) is 0 Å². The minimum absolute atomic E-state index is 0.140. The number of nitrogens with two attached hydrogens (primary N) is 2. The molecule has 1 aromatic carbocycles. The van der Waals surface area contributed by atoms with E-state index in [4.69, 9.17) is 11.5 Å². The van der Waals surface area contributed by atoms with Gasteiger partial charge in [0.2, 0.25) is 5.91 Å². The number of amides is 1. The fourth-order valence-corrected chi connectivity index (χ4v) is 3.69. The molecule has 0 radical (unpaired) electrons. The summed E-state index contributed by atoms with van der Waals surface area (Å²) in [6.07, 6.45) is 7.73. The molecule has 30 heavy (non-hydrogen) atoms. The van der Waals surface area contributed by atoms with Crippen LogP contribution in [0.15, 0.2) is 55.0 Å². The minimum atomic E-state index is -0.140. The van der Waals surface area contributed by atoms with Crippen molar-refractivity contribution in [2.75, 3.05) is 29.9 Å². The third-order valence-electron chi connectivity index (χ3n) is 5.28. The van der Waals surface area contributed by atoms with Crippen LogP contribution in [0.25, 0.3) is 11.1 Å². The van der Waals surface area contributed by atoms with Crippen LogP contribution in [0.4, 0.5) is 17.1 Å². The van der Waals surface area contributed by atoms with Gasteiger partial charge in [-0.25, -0.2) is 0 Å². The van der Waals surface area contributed by atoms with Gasteiger partial charge in [-0.15, -0.1) is 0 Å². The number of nitrogen functional groups attached to an aromatic ring is 2. The first-order chi connectivity index (χ1) is 14.6. The monoisotopic (exact) mass is 402 g/mol. The van der Waals surface area contributed by atoms with Gasteiger partial charge in [0.25, 0.3) is 0 Å². The first kappa shape index (κ1) is 19.8. The van der Waals surface area contributed by atoms with E-state index in [1.165, 1.54) is 12.8 Å². The SMILES string of the molecule is Nc1cncc(-c2ccc(N)c(CC(=O)Nc3ccc(CN4CCCC4)nc3)c2)c1. The van der Waals surface area contributed by atoms with Gasteiger partial charge in [0.05, 0.1) is 29.7 Å². The Labute approximate surface area is 176 Å². The lowest BCUT2D eigenvalue weighted by molar-refractivity contribution is -0.115. The molecule has 3 aromatic rings. The van der Waals surface area contributed by atoms with Gasteiger partial charge in [-0.3, -0.25) is 19.7 Å². The number of rotatable bonds is 6. The molecule has 0 bridgehead atoms. The Morgan fingerprint density at radius 1 is 1.00 bits per heavy atom.